The average Bonchev–Trinajstić information content (AvgIpc) is 2.74. The van der Waals surface area contributed by atoms with E-state index >= 15 is 0 Å². The summed E-state index contributed by atoms with van der Waals surface area (Å²) >= 11 is 0. The lowest BCUT2D eigenvalue weighted by Crippen LogP contribution is -2.30. The SMILES string of the molecule is COc1cccc(OC)c1CNC(=O)c1cn2c3c(cccc3c1=O)CCC2. The van der Waals surface area contributed by atoms with Crippen LogP contribution in [-0.2, 0) is 19.5 Å². The molecular formula is C22H22N2O4. The van der Waals surface area contributed by atoms with Gasteiger partial charge in [0.25, 0.3) is 5.91 Å². The van der Waals surface area contributed by atoms with Gasteiger partial charge < -0.3 is 19.4 Å². The number of ether oxygens (including phenoxy) is 2. The van der Waals surface area contributed by atoms with Crippen molar-refractivity contribution in [2.45, 2.75) is 25.9 Å². The molecule has 0 aliphatic carbocycles. The number of aryl methyl sites for hydroxylation is 2. The van der Waals surface area contributed by atoms with Crippen LogP contribution in [0.2, 0.25) is 0 Å². The summed E-state index contributed by atoms with van der Waals surface area (Å²) in [5, 5.41) is 3.44. The molecule has 0 fully saturated rings. The van der Waals surface area contributed by atoms with E-state index in [-0.39, 0.29) is 17.5 Å². The Balaban J connectivity index is 1.68. The van der Waals surface area contributed by atoms with Gasteiger partial charge in [0.2, 0.25) is 5.43 Å². The predicted octanol–water partition coefficient (Wildman–Crippen LogP) is 2.89. The van der Waals surface area contributed by atoms with Crippen LogP contribution in [-0.4, -0.2) is 24.7 Å². The Labute approximate surface area is 162 Å². The first-order valence-corrected chi connectivity index (χ1v) is 9.27. The second kappa shape index (κ2) is 7.38. The van der Waals surface area contributed by atoms with Gasteiger partial charge >= 0.3 is 0 Å². The molecule has 0 atom stereocenters. The first-order valence-electron chi connectivity index (χ1n) is 9.27. The summed E-state index contributed by atoms with van der Waals surface area (Å²) in [5.74, 6) is 0.837. The van der Waals surface area contributed by atoms with Gasteiger partial charge in [-0.2, -0.15) is 0 Å². The van der Waals surface area contributed by atoms with E-state index in [2.05, 4.69) is 5.32 Å². The normalized spacial score (nSPS) is 12.6. The minimum absolute atomic E-state index is 0.153. The summed E-state index contributed by atoms with van der Waals surface area (Å²) in [6, 6.07) is 11.2. The van der Waals surface area contributed by atoms with E-state index in [1.807, 2.05) is 22.8 Å². The van der Waals surface area contributed by atoms with Gasteiger partial charge in [0, 0.05) is 18.1 Å². The summed E-state index contributed by atoms with van der Waals surface area (Å²) in [6.07, 6.45) is 3.63. The van der Waals surface area contributed by atoms with Crippen molar-refractivity contribution in [1.82, 2.24) is 9.88 Å². The van der Waals surface area contributed by atoms with Crippen LogP contribution in [0.15, 0.2) is 47.4 Å². The third kappa shape index (κ3) is 3.01. The fourth-order valence-electron chi connectivity index (χ4n) is 3.88. The van der Waals surface area contributed by atoms with Crippen LogP contribution in [0.3, 0.4) is 0 Å². The molecule has 0 spiro atoms. The first kappa shape index (κ1) is 18.1. The molecule has 6 heteroatoms. The number of pyridine rings is 1. The molecular weight excluding hydrogens is 356 g/mol. The van der Waals surface area contributed by atoms with Crippen LogP contribution in [0.5, 0.6) is 11.5 Å². The third-order valence-electron chi connectivity index (χ3n) is 5.23. The highest BCUT2D eigenvalue weighted by Gasteiger charge is 2.20. The molecule has 0 unspecified atom stereocenters. The van der Waals surface area contributed by atoms with Crippen molar-refractivity contribution in [3.8, 4) is 11.5 Å². The Bertz CT molecular complexity index is 1100. The van der Waals surface area contributed by atoms with Crippen molar-refractivity contribution >= 4 is 16.8 Å². The number of benzene rings is 2. The standard InChI is InChI=1S/C22H22N2O4/c1-27-18-9-4-10-19(28-2)16(18)12-23-22(26)17-13-24-11-5-7-14-6-3-8-15(20(14)24)21(17)25/h3-4,6,8-10,13H,5,7,11-12H2,1-2H3,(H,23,26). The molecule has 2 aromatic carbocycles. The van der Waals surface area contributed by atoms with Crippen LogP contribution < -0.4 is 20.2 Å². The molecule has 4 rings (SSSR count). The van der Waals surface area contributed by atoms with Crippen molar-refractivity contribution in [2.75, 3.05) is 14.2 Å². The average molecular weight is 378 g/mol. The molecule has 0 saturated heterocycles. The zero-order valence-electron chi connectivity index (χ0n) is 16.0. The maximum absolute atomic E-state index is 12.9. The summed E-state index contributed by atoms with van der Waals surface area (Å²) < 4.78 is 12.8. The van der Waals surface area contributed by atoms with Gasteiger partial charge in [-0.3, -0.25) is 9.59 Å². The molecule has 28 heavy (non-hydrogen) atoms. The molecule has 0 bridgehead atoms. The van der Waals surface area contributed by atoms with Gasteiger partial charge in [-0.1, -0.05) is 18.2 Å². The van der Waals surface area contributed by atoms with Gasteiger partial charge in [-0.15, -0.1) is 0 Å². The monoisotopic (exact) mass is 378 g/mol. The van der Waals surface area contributed by atoms with Crippen molar-refractivity contribution in [3.05, 3.63) is 69.5 Å². The smallest absolute Gasteiger partial charge is 0.257 e. The van der Waals surface area contributed by atoms with Crippen molar-refractivity contribution in [1.29, 1.82) is 0 Å². The number of amides is 1. The molecule has 3 aromatic rings. The zero-order chi connectivity index (χ0) is 19.7. The number of nitrogens with one attached hydrogen (secondary N) is 1. The van der Waals surface area contributed by atoms with Crippen molar-refractivity contribution < 1.29 is 14.3 Å². The molecule has 2 heterocycles. The summed E-state index contributed by atoms with van der Waals surface area (Å²) in [6.45, 7) is 0.998. The second-order valence-electron chi connectivity index (χ2n) is 6.81. The van der Waals surface area contributed by atoms with Crippen molar-refractivity contribution in [2.24, 2.45) is 0 Å². The maximum atomic E-state index is 12.9. The Morgan fingerprint density at radius 1 is 1.11 bits per heavy atom. The third-order valence-corrected chi connectivity index (χ3v) is 5.23. The predicted molar refractivity (Wildman–Crippen MR) is 107 cm³/mol. The quantitative estimate of drug-likeness (QED) is 0.741. The number of nitrogens with zero attached hydrogens (tertiary/aromatic N) is 1. The van der Waals surface area contributed by atoms with E-state index in [4.69, 9.17) is 9.47 Å². The van der Waals surface area contributed by atoms with Gasteiger partial charge in [0.1, 0.15) is 17.1 Å². The van der Waals surface area contributed by atoms with Gasteiger partial charge in [0.15, 0.2) is 0 Å². The van der Waals surface area contributed by atoms with Crippen LogP contribution in [0, 0.1) is 0 Å². The van der Waals surface area contributed by atoms with Crippen LogP contribution in [0.25, 0.3) is 10.9 Å². The zero-order valence-corrected chi connectivity index (χ0v) is 16.0. The second-order valence-corrected chi connectivity index (χ2v) is 6.81. The number of hydrogen-bond donors (Lipinski definition) is 1. The lowest BCUT2D eigenvalue weighted by molar-refractivity contribution is 0.0948. The summed E-state index contributed by atoms with van der Waals surface area (Å²) in [7, 11) is 3.14. The molecule has 1 aliphatic rings. The number of para-hydroxylation sites is 1. The highest BCUT2D eigenvalue weighted by atomic mass is 16.5. The topological polar surface area (TPSA) is 69.6 Å². The molecule has 144 valence electrons. The van der Waals surface area contributed by atoms with Crippen molar-refractivity contribution in [3.63, 3.8) is 0 Å². The number of hydrogen-bond acceptors (Lipinski definition) is 4. The molecule has 1 aliphatic heterocycles. The number of aromatic nitrogens is 1. The van der Waals surface area contributed by atoms with Crippen LogP contribution >= 0.6 is 0 Å². The Morgan fingerprint density at radius 2 is 1.82 bits per heavy atom. The molecule has 6 nitrogen and oxygen atoms in total. The molecule has 1 N–H and O–H groups in total. The maximum Gasteiger partial charge on any atom is 0.257 e. The van der Waals surface area contributed by atoms with Crippen LogP contribution in [0.1, 0.15) is 27.9 Å². The lowest BCUT2D eigenvalue weighted by Gasteiger charge is -2.20. The minimum atomic E-state index is -0.403. The van der Waals surface area contributed by atoms with Gasteiger partial charge in [-0.25, -0.2) is 0 Å². The number of carbonyl (C=O) groups is 1. The highest BCUT2D eigenvalue weighted by molar-refractivity contribution is 5.97. The number of methoxy groups -OCH3 is 2. The minimum Gasteiger partial charge on any atom is -0.496 e. The first-order chi connectivity index (χ1) is 13.6. The van der Waals surface area contributed by atoms with Gasteiger partial charge in [-0.05, 0) is 36.6 Å². The highest BCUT2D eigenvalue weighted by Crippen LogP contribution is 2.28. The molecule has 0 radical (unpaired) electrons. The largest absolute Gasteiger partial charge is 0.496 e. The Hall–Kier alpha value is -3.28. The van der Waals surface area contributed by atoms with E-state index in [0.29, 0.717) is 16.9 Å². The van der Waals surface area contributed by atoms with Crippen LogP contribution in [0.4, 0.5) is 0 Å². The fraction of sp³-hybridized carbons (Fsp3) is 0.273. The Morgan fingerprint density at radius 3 is 2.54 bits per heavy atom. The Kier molecular flexibility index (Phi) is 4.77. The molecule has 0 saturated carbocycles. The number of carbonyl (C=O) groups excluding carboxylic acids is 1. The summed E-state index contributed by atoms with van der Waals surface area (Å²) in [5.41, 5.74) is 2.75. The van der Waals surface area contributed by atoms with E-state index in [9.17, 15) is 9.59 Å². The summed E-state index contributed by atoms with van der Waals surface area (Å²) in [4.78, 5) is 25.8. The van der Waals surface area contributed by atoms with E-state index < -0.39 is 5.91 Å². The van der Waals surface area contributed by atoms with Gasteiger partial charge in [0.05, 0.1) is 31.8 Å². The molecule has 1 amide bonds. The lowest BCUT2D eigenvalue weighted by atomic mass is 9.99. The van der Waals surface area contributed by atoms with E-state index in [0.717, 1.165) is 36.0 Å². The fourth-order valence-corrected chi connectivity index (χ4v) is 3.88. The number of rotatable bonds is 5. The molecule has 1 aromatic heterocycles. The van der Waals surface area contributed by atoms with E-state index in [1.54, 1.807) is 38.6 Å². The van der Waals surface area contributed by atoms with E-state index in [1.165, 1.54) is 0 Å².